The second-order valence-corrected chi connectivity index (χ2v) is 10.7. The van der Waals surface area contributed by atoms with E-state index < -0.39 is 0 Å². The smallest absolute Gasteiger partial charge is 0.243 e. The summed E-state index contributed by atoms with van der Waals surface area (Å²) in [6.07, 6.45) is 15.5. The number of aliphatic imine (C=N–C) groups is 1. The summed E-state index contributed by atoms with van der Waals surface area (Å²) < 4.78 is 0. The molecule has 1 fully saturated rings. The zero-order valence-corrected chi connectivity index (χ0v) is 23.5. The van der Waals surface area contributed by atoms with Crippen LogP contribution >= 0.6 is 0 Å². The number of carbonyl (C=O) groups excluding carboxylic acids is 2. The molecule has 2 N–H and O–H groups in total. The lowest BCUT2D eigenvalue weighted by molar-refractivity contribution is -0.122. The number of benzene rings is 1. The highest BCUT2D eigenvalue weighted by molar-refractivity contribution is 5.88. The fourth-order valence-electron chi connectivity index (χ4n) is 5.01. The largest absolute Gasteiger partial charge is 0.351 e. The van der Waals surface area contributed by atoms with E-state index in [0.29, 0.717) is 31.7 Å². The van der Waals surface area contributed by atoms with Crippen LogP contribution in [0.25, 0.3) is 0 Å². The van der Waals surface area contributed by atoms with E-state index in [0.717, 1.165) is 49.4 Å². The summed E-state index contributed by atoms with van der Waals surface area (Å²) in [4.78, 5) is 32.5. The van der Waals surface area contributed by atoms with Gasteiger partial charge in [0.2, 0.25) is 11.8 Å². The molecular formula is C32H46N4O2. The van der Waals surface area contributed by atoms with Gasteiger partial charge in [-0.05, 0) is 88.6 Å². The number of nitrogens with zero attached hydrogens (tertiary/aromatic N) is 2. The number of rotatable bonds is 13. The highest BCUT2D eigenvalue weighted by Gasteiger charge is 2.16. The maximum atomic E-state index is 12.9. The Labute approximate surface area is 229 Å². The molecule has 206 valence electrons. The molecule has 1 heterocycles. The minimum atomic E-state index is -0.182. The van der Waals surface area contributed by atoms with Crippen LogP contribution in [0.5, 0.6) is 0 Å². The number of amides is 2. The van der Waals surface area contributed by atoms with Gasteiger partial charge in [-0.25, -0.2) is 0 Å². The van der Waals surface area contributed by atoms with Crippen LogP contribution in [-0.4, -0.2) is 54.6 Å². The summed E-state index contributed by atoms with van der Waals surface area (Å²) in [5, 5.41) is 6.12. The van der Waals surface area contributed by atoms with Crippen LogP contribution in [-0.2, 0) is 16.0 Å². The molecule has 38 heavy (non-hydrogen) atoms. The van der Waals surface area contributed by atoms with E-state index >= 15 is 0 Å². The van der Waals surface area contributed by atoms with Crippen molar-refractivity contribution in [3.63, 3.8) is 0 Å². The Balaban J connectivity index is 1.49. The van der Waals surface area contributed by atoms with Crippen LogP contribution in [0.2, 0.25) is 0 Å². The quantitative estimate of drug-likeness (QED) is 0.272. The van der Waals surface area contributed by atoms with Crippen LogP contribution < -0.4 is 10.6 Å². The Morgan fingerprint density at radius 1 is 1.13 bits per heavy atom. The average molecular weight is 519 g/mol. The normalized spacial score (nSPS) is 19.6. The number of likely N-dealkylation sites (tertiary alicyclic amines) is 1. The lowest BCUT2D eigenvalue weighted by Crippen LogP contribution is -2.44. The van der Waals surface area contributed by atoms with E-state index in [1.165, 1.54) is 24.8 Å². The average Bonchev–Trinajstić information content (AvgIpc) is 2.93. The van der Waals surface area contributed by atoms with E-state index in [9.17, 15) is 9.59 Å². The van der Waals surface area contributed by atoms with Crippen molar-refractivity contribution in [1.29, 1.82) is 0 Å². The third-order valence-corrected chi connectivity index (χ3v) is 7.38. The molecule has 2 amide bonds. The summed E-state index contributed by atoms with van der Waals surface area (Å²) in [6, 6.07) is 9.89. The molecule has 1 saturated heterocycles. The first-order chi connectivity index (χ1) is 18.4. The highest BCUT2D eigenvalue weighted by Crippen LogP contribution is 2.26. The molecule has 2 aliphatic rings. The van der Waals surface area contributed by atoms with Crippen molar-refractivity contribution in [2.24, 2.45) is 10.9 Å². The highest BCUT2D eigenvalue weighted by atomic mass is 16.2. The van der Waals surface area contributed by atoms with Gasteiger partial charge in [0.1, 0.15) is 0 Å². The van der Waals surface area contributed by atoms with Gasteiger partial charge in [-0.1, -0.05) is 55.8 Å². The predicted octanol–water partition coefficient (Wildman–Crippen LogP) is 5.37. The van der Waals surface area contributed by atoms with Gasteiger partial charge >= 0.3 is 0 Å². The van der Waals surface area contributed by atoms with E-state index in [4.69, 9.17) is 4.99 Å². The maximum absolute atomic E-state index is 12.9. The second-order valence-electron chi connectivity index (χ2n) is 10.7. The summed E-state index contributed by atoms with van der Waals surface area (Å²) in [6.45, 7) is 9.76. The van der Waals surface area contributed by atoms with Crippen LogP contribution in [0, 0.1) is 5.92 Å². The Hall–Kier alpha value is -2.99. The van der Waals surface area contributed by atoms with E-state index in [2.05, 4.69) is 41.5 Å². The third kappa shape index (κ3) is 10.8. The summed E-state index contributed by atoms with van der Waals surface area (Å²) >= 11 is 0. The number of carbonyl (C=O) groups is 2. The van der Waals surface area contributed by atoms with Gasteiger partial charge in [0, 0.05) is 31.3 Å². The number of piperidine rings is 1. The van der Waals surface area contributed by atoms with Crippen molar-refractivity contribution in [3.8, 4) is 0 Å². The van der Waals surface area contributed by atoms with Gasteiger partial charge in [0.05, 0.1) is 11.7 Å². The molecule has 0 bridgehead atoms. The molecule has 0 aromatic heterocycles. The van der Waals surface area contributed by atoms with Crippen molar-refractivity contribution in [1.82, 2.24) is 15.5 Å². The van der Waals surface area contributed by atoms with Crippen molar-refractivity contribution in [3.05, 3.63) is 71.5 Å². The standard InChI is InChI=1S/C32H46N4O2/c1-4-27-16-17-30(25(2)22-27)34-26(3)15-18-32(38)35-29(23-28-12-7-5-8-13-28)24-33-31(37)14-11-21-36-19-9-6-10-20-36/h5,7-8,11-14,16-17,27,29H,4,6,9-10,15,18-24H2,1-3H3,(H,33,37)(H,35,38)/b14-11+,34-26+. The molecule has 0 saturated carbocycles. The van der Waals surface area contributed by atoms with Crippen LogP contribution in [0.1, 0.15) is 71.3 Å². The summed E-state index contributed by atoms with van der Waals surface area (Å²) in [5.74, 6) is 0.463. The van der Waals surface area contributed by atoms with E-state index in [1.807, 2.05) is 43.3 Å². The van der Waals surface area contributed by atoms with Crippen molar-refractivity contribution in [2.45, 2.75) is 78.2 Å². The van der Waals surface area contributed by atoms with Crippen LogP contribution in [0.15, 0.2) is 70.9 Å². The van der Waals surface area contributed by atoms with Gasteiger partial charge in [0.15, 0.2) is 0 Å². The Bertz CT molecular complexity index is 1020. The second kappa shape index (κ2) is 16.1. The fourth-order valence-corrected chi connectivity index (χ4v) is 5.01. The SMILES string of the molecule is CCC1C=CC(/N=C(\C)CCC(=O)NC(CNC(=O)/C=C/CN2CCCCC2)Cc2ccccc2)=C(C)C1. The molecule has 2 unspecified atom stereocenters. The van der Waals surface area contributed by atoms with Crippen molar-refractivity contribution in [2.75, 3.05) is 26.2 Å². The Morgan fingerprint density at radius 3 is 2.61 bits per heavy atom. The van der Waals surface area contributed by atoms with E-state index in [1.54, 1.807) is 6.08 Å². The minimum absolute atomic E-state index is 0.0219. The van der Waals surface area contributed by atoms with Crippen molar-refractivity contribution < 1.29 is 9.59 Å². The zero-order valence-electron chi connectivity index (χ0n) is 23.5. The molecule has 1 aliphatic heterocycles. The molecule has 1 aromatic rings. The van der Waals surface area contributed by atoms with E-state index in [-0.39, 0.29) is 17.9 Å². The van der Waals surface area contributed by atoms with Gasteiger partial charge in [-0.2, -0.15) is 0 Å². The number of hydrogen-bond acceptors (Lipinski definition) is 4. The molecule has 1 aromatic carbocycles. The van der Waals surface area contributed by atoms with Gasteiger partial charge < -0.3 is 10.6 Å². The first-order valence-electron chi connectivity index (χ1n) is 14.3. The lowest BCUT2D eigenvalue weighted by Gasteiger charge is -2.24. The zero-order chi connectivity index (χ0) is 27.2. The monoisotopic (exact) mass is 518 g/mol. The first-order valence-corrected chi connectivity index (χ1v) is 14.3. The van der Waals surface area contributed by atoms with Crippen LogP contribution in [0.3, 0.4) is 0 Å². The predicted molar refractivity (Wildman–Crippen MR) is 157 cm³/mol. The van der Waals surface area contributed by atoms with Gasteiger partial charge in [0.25, 0.3) is 0 Å². The van der Waals surface area contributed by atoms with Crippen LogP contribution in [0.4, 0.5) is 0 Å². The molecule has 6 nitrogen and oxygen atoms in total. The lowest BCUT2D eigenvalue weighted by atomic mass is 9.91. The van der Waals surface area contributed by atoms with Crippen molar-refractivity contribution >= 4 is 17.5 Å². The first kappa shape index (κ1) is 29.6. The number of allylic oxidation sites excluding steroid dienone is 3. The Morgan fingerprint density at radius 2 is 1.89 bits per heavy atom. The molecule has 2 atom stereocenters. The molecule has 6 heteroatoms. The molecule has 1 aliphatic carbocycles. The minimum Gasteiger partial charge on any atom is -0.351 e. The third-order valence-electron chi connectivity index (χ3n) is 7.38. The number of nitrogens with one attached hydrogen (secondary N) is 2. The number of hydrogen-bond donors (Lipinski definition) is 2. The van der Waals surface area contributed by atoms with Gasteiger partial charge in [-0.3, -0.25) is 19.5 Å². The molecule has 3 rings (SSSR count). The molecule has 0 spiro atoms. The molecule has 0 radical (unpaired) electrons. The fraction of sp³-hybridized carbons (Fsp3) is 0.531. The maximum Gasteiger partial charge on any atom is 0.243 e. The summed E-state index contributed by atoms with van der Waals surface area (Å²) in [5.41, 5.74) is 4.43. The van der Waals surface area contributed by atoms with Gasteiger partial charge in [-0.15, -0.1) is 0 Å². The summed E-state index contributed by atoms with van der Waals surface area (Å²) in [7, 11) is 0. The molecular weight excluding hydrogens is 472 g/mol. The topological polar surface area (TPSA) is 73.8 Å². The Kier molecular flexibility index (Phi) is 12.5.